The molecule has 0 saturated carbocycles. The highest BCUT2D eigenvalue weighted by atomic mass is 16.1. The second-order valence-corrected chi connectivity index (χ2v) is 8.23. The van der Waals surface area contributed by atoms with Gasteiger partial charge in [0.25, 0.3) is 0 Å². The molecule has 3 aromatic heterocycles. The van der Waals surface area contributed by atoms with E-state index in [1.807, 2.05) is 73.8 Å². The Bertz CT molecular complexity index is 1440. The first-order chi connectivity index (χ1) is 16.0. The lowest BCUT2D eigenvalue weighted by atomic mass is 10.0. The van der Waals surface area contributed by atoms with Gasteiger partial charge in [-0.05, 0) is 62.6 Å². The summed E-state index contributed by atoms with van der Waals surface area (Å²) in [4.78, 5) is 21.5. The van der Waals surface area contributed by atoms with Gasteiger partial charge in [0.1, 0.15) is 12.7 Å². The van der Waals surface area contributed by atoms with Gasteiger partial charge in [0.05, 0.1) is 17.2 Å². The lowest BCUT2D eigenvalue weighted by Gasteiger charge is -2.16. The van der Waals surface area contributed by atoms with Gasteiger partial charge in [-0.3, -0.25) is 4.79 Å². The Morgan fingerprint density at radius 2 is 1.88 bits per heavy atom. The van der Waals surface area contributed by atoms with Gasteiger partial charge < -0.3 is 5.32 Å². The molecule has 0 fully saturated rings. The highest BCUT2D eigenvalue weighted by Gasteiger charge is 2.16. The van der Waals surface area contributed by atoms with Crippen molar-refractivity contribution in [3.05, 3.63) is 83.7 Å². The fourth-order valence-electron chi connectivity index (χ4n) is 4.23. The largest absolute Gasteiger partial charge is 0.350 e. The summed E-state index contributed by atoms with van der Waals surface area (Å²) in [5, 5.41) is 13.0. The van der Waals surface area contributed by atoms with E-state index < -0.39 is 0 Å². The van der Waals surface area contributed by atoms with Crippen LogP contribution in [0.2, 0.25) is 0 Å². The van der Waals surface area contributed by atoms with E-state index in [9.17, 15) is 4.79 Å². The van der Waals surface area contributed by atoms with Crippen LogP contribution in [0.1, 0.15) is 41.9 Å². The van der Waals surface area contributed by atoms with Crippen LogP contribution in [0.25, 0.3) is 22.2 Å². The molecule has 8 heteroatoms. The number of fused-ring (bicyclic) bond motifs is 3. The van der Waals surface area contributed by atoms with Gasteiger partial charge in [-0.2, -0.15) is 10.2 Å². The van der Waals surface area contributed by atoms with E-state index in [1.54, 1.807) is 11.0 Å². The number of carbonyl (C=O) groups is 1. The third-order valence-electron chi connectivity index (χ3n) is 6.07. The zero-order valence-corrected chi connectivity index (χ0v) is 18.9. The lowest BCUT2D eigenvalue weighted by Crippen LogP contribution is -2.27. The van der Waals surface area contributed by atoms with Crippen molar-refractivity contribution in [2.75, 3.05) is 0 Å². The second kappa shape index (κ2) is 8.46. The molecule has 0 aliphatic rings. The van der Waals surface area contributed by atoms with Crippen LogP contribution in [0, 0.1) is 13.8 Å². The fraction of sp³-hybridized carbons (Fsp3) is 0.240. The summed E-state index contributed by atoms with van der Waals surface area (Å²) in [7, 11) is 0. The van der Waals surface area contributed by atoms with E-state index in [-0.39, 0.29) is 11.9 Å². The first-order valence-corrected chi connectivity index (χ1v) is 11.0. The van der Waals surface area contributed by atoms with Crippen molar-refractivity contribution in [2.45, 2.75) is 39.7 Å². The molecule has 0 radical (unpaired) electrons. The molecule has 2 aromatic carbocycles. The maximum absolute atomic E-state index is 12.7. The predicted molar refractivity (Wildman–Crippen MR) is 126 cm³/mol. The molecular weight excluding hydrogens is 414 g/mol. The monoisotopic (exact) mass is 439 g/mol. The number of aromatic nitrogens is 6. The van der Waals surface area contributed by atoms with Crippen LogP contribution in [0.15, 0.2) is 61.2 Å². The number of amides is 1. The standard InChI is InChI=1S/C25H25N7O/c1-16(19-8-10-20(11-9-19)31-15-26-14-27-31)28-24(33)13-12-21-17(2)29-25-22-6-4-5-7-23(22)30-32(25)18(21)3/h4-11,14-16H,12-13H2,1-3H3,(H,28,33). The summed E-state index contributed by atoms with van der Waals surface area (Å²) in [6.45, 7) is 6.03. The van der Waals surface area contributed by atoms with Crippen LogP contribution >= 0.6 is 0 Å². The number of nitrogens with zero attached hydrogens (tertiary/aromatic N) is 6. The topological polar surface area (TPSA) is 90.0 Å². The lowest BCUT2D eigenvalue weighted by molar-refractivity contribution is -0.121. The molecule has 1 N–H and O–H groups in total. The second-order valence-electron chi connectivity index (χ2n) is 8.23. The van der Waals surface area contributed by atoms with Crippen molar-refractivity contribution in [3.8, 4) is 5.69 Å². The van der Waals surface area contributed by atoms with Crippen molar-refractivity contribution in [3.63, 3.8) is 0 Å². The van der Waals surface area contributed by atoms with Gasteiger partial charge in [-0.1, -0.05) is 24.3 Å². The van der Waals surface area contributed by atoms with Gasteiger partial charge in [-0.15, -0.1) is 0 Å². The molecule has 1 atom stereocenters. The Morgan fingerprint density at radius 1 is 1.09 bits per heavy atom. The summed E-state index contributed by atoms with van der Waals surface area (Å²) in [6, 6.07) is 15.8. The Labute approximate surface area is 191 Å². The molecule has 166 valence electrons. The highest BCUT2D eigenvalue weighted by molar-refractivity contribution is 5.92. The van der Waals surface area contributed by atoms with Gasteiger partial charge in [-0.25, -0.2) is 19.2 Å². The van der Waals surface area contributed by atoms with E-state index in [2.05, 4.69) is 15.4 Å². The first-order valence-electron chi connectivity index (χ1n) is 11.0. The number of rotatable bonds is 6. The summed E-state index contributed by atoms with van der Waals surface area (Å²) >= 11 is 0. The molecule has 0 aliphatic carbocycles. The zero-order chi connectivity index (χ0) is 22.9. The predicted octanol–water partition coefficient (Wildman–Crippen LogP) is 3.89. The zero-order valence-electron chi connectivity index (χ0n) is 18.9. The average Bonchev–Trinajstić information content (AvgIpc) is 3.48. The Hall–Kier alpha value is -4.07. The van der Waals surface area contributed by atoms with Crippen LogP contribution in [-0.2, 0) is 11.2 Å². The van der Waals surface area contributed by atoms with E-state index >= 15 is 0 Å². The van der Waals surface area contributed by atoms with Gasteiger partial charge in [0, 0.05) is 23.2 Å². The number of hydrogen-bond acceptors (Lipinski definition) is 5. The minimum Gasteiger partial charge on any atom is -0.350 e. The summed E-state index contributed by atoms with van der Waals surface area (Å²) in [6.07, 6.45) is 4.15. The van der Waals surface area contributed by atoms with Crippen molar-refractivity contribution < 1.29 is 4.79 Å². The quantitative estimate of drug-likeness (QED) is 0.434. The van der Waals surface area contributed by atoms with Gasteiger partial charge in [0.2, 0.25) is 5.91 Å². The normalized spacial score (nSPS) is 12.3. The average molecular weight is 440 g/mol. The van der Waals surface area contributed by atoms with Crippen LogP contribution in [-0.4, -0.2) is 35.3 Å². The minimum absolute atomic E-state index is 0.00683. The molecule has 5 aromatic rings. The van der Waals surface area contributed by atoms with Gasteiger partial charge >= 0.3 is 0 Å². The third kappa shape index (κ3) is 3.95. The molecule has 33 heavy (non-hydrogen) atoms. The summed E-state index contributed by atoms with van der Waals surface area (Å²) in [5.74, 6) is 0.00683. The van der Waals surface area contributed by atoms with Crippen LogP contribution in [0.5, 0.6) is 0 Å². The molecule has 0 spiro atoms. The van der Waals surface area contributed by atoms with Crippen molar-refractivity contribution in [1.82, 2.24) is 34.7 Å². The molecule has 0 saturated heterocycles. The van der Waals surface area contributed by atoms with Crippen molar-refractivity contribution in [2.24, 2.45) is 0 Å². The van der Waals surface area contributed by atoms with Crippen LogP contribution in [0.4, 0.5) is 0 Å². The molecule has 0 aliphatic heterocycles. The van der Waals surface area contributed by atoms with E-state index in [4.69, 9.17) is 10.1 Å². The Morgan fingerprint density at radius 3 is 2.64 bits per heavy atom. The third-order valence-corrected chi connectivity index (χ3v) is 6.07. The Kier molecular flexibility index (Phi) is 5.34. The molecular formula is C25H25N7O. The van der Waals surface area contributed by atoms with Crippen molar-refractivity contribution >= 4 is 22.5 Å². The molecule has 3 heterocycles. The summed E-state index contributed by atoms with van der Waals surface area (Å²) in [5.41, 5.74) is 6.77. The van der Waals surface area contributed by atoms with E-state index in [0.717, 1.165) is 44.8 Å². The SMILES string of the molecule is Cc1nc2c3ccccc3nn2c(C)c1CCC(=O)NC(C)c1ccc(-n2cncn2)cc1. The summed E-state index contributed by atoms with van der Waals surface area (Å²) < 4.78 is 3.59. The number of benzene rings is 2. The number of aryl methyl sites for hydroxylation is 2. The number of hydrogen-bond donors (Lipinski definition) is 1. The fourth-order valence-corrected chi connectivity index (χ4v) is 4.23. The van der Waals surface area contributed by atoms with Gasteiger partial charge in [0.15, 0.2) is 5.65 Å². The van der Waals surface area contributed by atoms with E-state index in [0.29, 0.717) is 12.8 Å². The molecule has 1 unspecified atom stereocenters. The maximum atomic E-state index is 12.7. The molecule has 5 rings (SSSR count). The Balaban J connectivity index is 1.27. The van der Waals surface area contributed by atoms with E-state index in [1.165, 1.54) is 6.33 Å². The highest BCUT2D eigenvalue weighted by Crippen LogP contribution is 2.23. The van der Waals surface area contributed by atoms with Crippen LogP contribution in [0.3, 0.4) is 0 Å². The molecule has 1 amide bonds. The van der Waals surface area contributed by atoms with Crippen LogP contribution < -0.4 is 5.32 Å². The smallest absolute Gasteiger partial charge is 0.220 e. The minimum atomic E-state index is -0.0958. The number of carbonyl (C=O) groups excluding carboxylic acids is 1. The first kappa shape index (κ1) is 20.8. The maximum Gasteiger partial charge on any atom is 0.220 e. The molecule has 0 bridgehead atoms. The molecule has 8 nitrogen and oxygen atoms in total. The number of nitrogens with one attached hydrogen (secondary N) is 1. The van der Waals surface area contributed by atoms with Crippen molar-refractivity contribution in [1.29, 1.82) is 0 Å².